The molecule has 3 nitrogen and oxygen atoms in total. The fourth-order valence-corrected chi connectivity index (χ4v) is 1.69. The molecule has 0 rings (SSSR count). The van der Waals surface area contributed by atoms with Crippen LogP contribution in [0.3, 0.4) is 0 Å². The monoisotopic (exact) mass is 263 g/mol. The highest BCUT2D eigenvalue weighted by atomic mass is 16.2. The molecule has 0 aliphatic heterocycles. The molecule has 1 amide bonds. The summed E-state index contributed by atoms with van der Waals surface area (Å²) in [6.45, 7) is 8.93. The number of hydrogen-bond donors (Lipinski definition) is 0. The highest BCUT2D eigenvalue weighted by molar-refractivity contribution is 5.96. The summed E-state index contributed by atoms with van der Waals surface area (Å²) in [5.41, 5.74) is 0.535. The number of carbonyl (C=O) groups excluding carboxylic acids is 2. The maximum Gasteiger partial charge on any atom is 0.235 e. The summed E-state index contributed by atoms with van der Waals surface area (Å²) in [7, 11) is 0. The van der Waals surface area contributed by atoms with Gasteiger partial charge in [-0.15, -0.1) is 0 Å². The molecule has 0 aromatic rings. The molecule has 0 saturated carbocycles. The van der Waals surface area contributed by atoms with Crippen LogP contribution in [0.4, 0.5) is 0 Å². The lowest BCUT2D eigenvalue weighted by atomic mass is 10.1. The number of unbranched alkanes of at least 4 members (excludes halogenated alkanes) is 5. The van der Waals surface area contributed by atoms with Crippen molar-refractivity contribution in [3.05, 3.63) is 12.3 Å². The Bertz CT molecular complexity index is 360. The van der Waals surface area contributed by atoms with E-state index in [9.17, 15) is 9.59 Å². The van der Waals surface area contributed by atoms with Gasteiger partial charge in [0.25, 0.3) is 0 Å². The van der Waals surface area contributed by atoms with Crippen LogP contribution in [0.5, 0.6) is 0 Å². The van der Waals surface area contributed by atoms with Gasteiger partial charge in [-0.1, -0.05) is 45.6 Å². The van der Waals surface area contributed by atoms with E-state index >= 15 is 0 Å². The van der Waals surface area contributed by atoms with Gasteiger partial charge in [-0.2, -0.15) is 0 Å². The van der Waals surface area contributed by atoms with Crippen molar-refractivity contribution in [1.29, 1.82) is 0 Å². The van der Waals surface area contributed by atoms with Gasteiger partial charge < -0.3 is 0 Å². The van der Waals surface area contributed by atoms with Crippen LogP contribution in [0, 0.1) is 12.0 Å². The molecule has 0 spiro atoms. The Kier molecular flexibility index (Phi) is 9.52. The van der Waals surface area contributed by atoms with Gasteiger partial charge in [0.2, 0.25) is 11.7 Å². The predicted octanol–water partition coefficient (Wildman–Crippen LogP) is 3.65. The number of amides is 1. The average molecular weight is 263 g/mol. The third-order valence-electron chi connectivity index (χ3n) is 2.76. The second-order valence-corrected chi connectivity index (χ2v) is 4.77. The highest BCUT2D eigenvalue weighted by Crippen LogP contribution is 2.07. The minimum Gasteiger partial charge on any atom is -0.285 e. The van der Waals surface area contributed by atoms with E-state index in [1.54, 1.807) is 6.92 Å². The maximum absolute atomic E-state index is 11.5. The molecule has 0 radical (unpaired) electrons. The van der Waals surface area contributed by atoms with Gasteiger partial charge in [0.15, 0.2) is 0 Å². The van der Waals surface area contributed by atoms with E-state index in [4.69, 9.17) is 0 Å². The Morgan fingerprint density at radius 2 is 1.63 bits per heavy atom. The molecule has 0 saturated heterocycles. The van der Waals surface area contributed by atoms with Crippen LogP contribution >= 0.6 is 0 Å². The molecule has 0 aromatic carbocycles. The van der Waals surface area contributed by atoms with E-state index in [1.165, 1.54) is 37.5 Å². The van der Waals surface area contributed by atoms with Crippen LogP contribution in [0.15, 0.2) is 12.3 Å². The number of rotatable bonds is 8. The summed E-state index contributed by atoms with van der Waals surface area (Å²) in [6.07, 6.45) is 7.34. The van der Waals surface area contributed by atoms with Crippen molar-refractivity contribution in [3.8, 4) is 12.0 Å². The number of allylic oxidation sites excluding steroid dienone is 1. The van der Waals surface area contributed by atoms with E-state index in [1.807, 2.05) is 0 Å². The van der Waals surface area contributed by atoms with Crippen LogP contribution in [-0.4, -0.2) is 16.6 Å². The zero-order chi connectivity index (χ0) is 14.7. The number of carbonyl (C=O) groups is 2. The fourth-order valence-electron chi connectivity index (χ4n) is 1.69. The second-order valence-electron chi connectivity index (χ2n) is 4.77. The number of hydrogen-bond acceptors (Lipinski definition) is 2. The molecule has 0 aliphatic carbocycles. The maximum atomic E-state index is 11.5. The summed E-state index contributed by atoms with van der Waals surface area (Å²) in [4.78, 5) is 24.0. The van der Waals surface area contributed by atoms with Crippen molar-refractivity contribution in [2.24, 2.45) is 0 Å². The molecule has 0 fully saturated rings. The average Bonchev–Trinajstić information content (AvgIpc) is 2.33. The molecular weight excluding hydrogens is 238 g/mol. The first kappa shape index (κ1) is 17.4. The first-order valence-electron chi connectivity index (χ1n) is 6.99. The Morgan fingerprint density at radius 1 is 1.05 bits per heavy atom. The van der Waals surface area contributed by atoms with E-state index in [0.717, 1.165) is 12.8 Å². The lowest BCUT2D eigenvalue weighted by Crippen LogP contribution is -2.20. The lowest BCUT2D eigenvalue weighted by molar-refractivity contribution is -0.124. The largest absolute Gasteiger partial charge is 0.285 e. The fraction of sp³-hybridized carbons (Fsp3) is 0.625. The van der Waals surface area contributed by atoms with Gasteiger partial charge in [0.05, 0.1) is 0 Å². The molecule has 0 unspecified atom stereocenters. The van der Waals surface area contributed by atoms with Gasteiger partial charge in [-0.05, 0) is 19.3 Å². The van der Waals surface area contributed by atoms with E-state index in [0.29, 0.717) is 12.1 Å². The molecule has 0 aliphatic rings. The topological polar surface area (TPSA) is 37.4 Å². The van der Waals surface area contributed by atoms with Crippen molar-refractivity contribution < 1.29 is 9.59 Å². The van der Waals surface area contributed by atoms with Gasteiger partial charge in [-0.3, -0.25) is 9.59 Å². The summed E-state index contributed by atoms with van der Waals surface area (Å²) in [5, 5.41) is 0. The minimum atomic E-state index is -0.215. The van der Waals surface area contributed by atoms with Crippen molar-refractivity contribution in [3.63, 3.8) is 0 Å². The van der Waals surface area contributed by atoms with E-state index in [-0.39, 0.29) is 11.7 Å². The third kappa shape index (κ3) is 9.07. The van der Waals surface area contributed by atoms with Gasteiger partial charge in [-0.25, -0.2) is 4.90 Å². The minimum absolute atomic E-state index is 0.108. The van der Waals surface area contributed by atoms with E-state index in [2.05, 4.69) is 25.5 Å². The quantitative estimate of drug-likeness (QED) is 0.381. The molecular formula is C16H25NO2. The van der Waals surface area contributed by atoms with Crippen molar-refractivity contribution in [1.82, 2.24) is 4.90 Å². The number of ketones is 1. The van der Waals surface area contributed by atoms with Gasteiger partial charge in [0.1, 0.15) is 0 Å². The summed E-state index contributed by atoms with van der Waals surface area (Å²) in [6, 6.07) is 2.56. The standard InChI is InChI=1S/C16H25NO2/c1-5-6-7-8-9-10-11-16(19)12-13-17(14(2)3)15(4)18/h2,5-11H2,1,3-4H3. The lowest BCUT2D eigenvalue weighted by Gasteiger charge is -2.11. The Labute approximate surface area is 117 Å². The first-order valence-corrected chi connectivity index (χ1v) is 6.99. The van der Waals surface area contributed by atoms with Crippen LogP contribution in [0.1, 0.15) is 65.7 Å². The molecule has 106 valence electrons. The third-order valence-corrected chi connectivity index (χ3v) is 2.76. The number of Topliss-reactive ketones (excluding diaryl/α,β-unsaturated/α-hetero) is 1. The summed E-state index contributed by atoms with van der Waals surface area (Å²) >= 11 is 0. The van der Waals surface area contributed by atoms with Gasteiger partial charge in [0, 0.05) is 25.1 Å². The van der Waals surface area contributed by atoms with E-state index < -0.39 is 0 Å². The predicted molar refractivity (Wildman–Crippen MR) is 78.1 cm³/mol. The van der Waals surface area contributed by atoms with Crippen LogP contribution < -0.4 is 0 Å². The first-order chi connectivity index (χ1) is 8.99. The molecule has 0 heterocycles. The molecule has 0 aromatic heterocycles. The van der Waals surface area contributed by atoms with Crippen LogP contribution in [0.2, 0.25) is 0 Å². The van der Waals surface area contributed by atoms with Crippen molar-refractivity contribution in [2.75, 3.05) is 0 Å². The Hall–Kier alpha value is -1.56. The summed E-state index contributed by atoms with van der Waals surface area (Å²) in [5.74, 6) is 2.18. The normalized spacial score (nSPS) is 9.42. The smallest absolute Gasteiger partial charge is 0.235 e. The second kappa shape index (κ2) is 10.4. The SMILES string of the molecule is C=C(C)N(C#CC(=O)CCCCCCCC)C(C)=O. The highest BCUT2D eigenvalue weighted by Gasteiger charge is 2.05. The van der Waals surface area contributed by atoms with Crippen molar-refractivity contribution in [2.45, 2.75) is 65.7 Å². The molecule has 0 bridgehead atoms. The Balaban J connectivity index is 3.97. The Morgan fingerprint density at radius 3 is 2.16 bits per heavy atom. The van der Waals surface area contributed by atoms with Crippen LogP contribution in [-0.2, 0) is 9.59 Å². The summed E-state index contributed by atoms with van der Waals surface area (Å²) < 4.78 is 0. The zero-order valence-electron chi connectivity index (χ0n) is 12.4. The van der Waals surface area contributed by atoms with Gasteiger partial charge >= 0.3 is 0 Å². The molecule has 0 atom stereocenters. The molecule has 3 heteroatoms. The molecule has 19 heavy (non-hydrogen) atoms. The van der Waals surface area contributed by atoms with Crippen molar-refractivity contribution >= 4 is 11.7 Å². The van der Waals surface area contributed by atoms with Crippen LogP contribution in [0.25, 0.3) is 0 Å². The molecule has 0 N–H and O–H groups in total. The zero-order valence-corrected chi connectivity index (χ0v) is 12.4. The number of nitrogens with zero attached hydrogens (tertiary/aromatic N) is 1.